The highest BCUT2D eigenvalue weighted by Gasteiger charge is 2.17. The number of hydrogen-bond donors (Lipinski definition) is 0. The number of thioether (sulfide) groups is 1. The predicted molar refractivity (Wildman–Crippen MR) is 124 cm³/mol. The molecule has 1 aromatic heterocycles. The van der Waals surface area contributed by atoms with Crippen LogP contribution in [0.4, 0.5) is 4.39 Å². The van der Waals surface area contributed by atoms with Crippen LogP contribution < -0.4 is 4.74 Å². The van der Waals surface area contributed by atoms with Gasteiger partial charge in [-0.1, -0.05) is 53.2 Å². The van der Waals surface area contributed by atoms with Gasteiger partial charge in [-0.25, -0.2) is 4.39 Å². The lowest BCUT2D eigenvalue weighted by molar-refractivity contribution is 0.102. The van der Waals surface area contributed by atoms with Crippen molar-refractivity contribution in [3.8, 4) is 11.4 Å². The summed E-state index contributed by atoms with van der Waals surface area (Å²) in [5.41, 5.74) is 1.27. The summed E-state index contributed by atoms with van der Waals surface area (Å²) < 4.78 is 20.8. The molecule has 0 N–H and O–H groups in total. The molecule has 0 amide bonds. The second kappa shape index (κ2) is 10.2. The van der Waals surface area contributed by atoms with Crippen LogP contribution in [0.5, 0.6) is 5.75 Å². The first-order valence-electron chi connectivity index (χ1n) is 9.50. The van der Waals surface area contributed by atoms with Gasteiger partial charge in [0.25, 0.3) is 0 Å². The first-order chi connectivity index (χ1) is 15.5. The summed E-state index contributed by atoms with van der Waals surface area (Å²) in [7, 11) is 0. The standard InChI is InChI=1S/C23H16Cl2FN3O2S/c24-19-11-10-18(12-20(19)25)31-13-22-27-28-23(29(22)17-4-2-1-3-5-17)32-14-21(30)15-6-8-16(26)9-7-15/h1-12H,13-14H2. The predicted octanol–water partition coefficient (Wildman–Crippen LogP) is 6.27. The van der Waals surface area contributed by atoms with E-state index in [1.807, 2.05) is 34.9 Å². The number of rotatable bonds is 8. The molecule has 0 bridgehead atoms. The number of hydrogen-bond acceptors (Lipinski definition) is 5. The molecule has 0 fully saturated rings. The number of halogens is 3. The number of Topliss-reactive ketones (excluding diaryl/α,β-unsaturated/α-hetero) is 1. The summed E-state index contributed by atoms with van der Waals surface area (Å²) in [6.45, 7) is 0.131. The van der Waals surface area contributed by atoms with Crippen molar-refractivity contribution < 1.29 is 13.9 Å². The van der Waals surface area contributed by atoms with Crippen LogP contribution in [0.3, 0.4) is 0 Å². The molecule has 32 heavy (non-hydrogen) atoms. The van der Waals surface area contributed by atoms with Crippen molar-refractivity contribution in [1.82, 2.24) is 14.8 Å². The van der Waals surface area contributed by atoms with Crippen LogP contribution in [0.2, 0.25) is 10.0 Å². The molecule has 0 aliphatic heterocycles. The molecule has 0 aliphatic carbocycles. The van der Waals surface area contributed by atoms with Gasteiger partial charge in [-0.3, -0.25) is 9.36 Å². The maximum Gasteiger partial charge on any atom is 0.196 e. The van der Waals surface area contributed by atoms with E-state index in [0.29, 0.717) is 32.3 Å². The highest BCUT2D eigenvalue weighted by molar-refractivity contribution is 7.99. The van der Waals surface area contributed by atoms with Crippen LogP contribution in [-0.2, 0) is 6.61 Å². The Morgan fingerprint density at radius 2 is 1.72 bits per heavy atom. The van der Waals surface area contributed by atoms with E-state index in [2.05, 4.69) is 10.2 Å². The maximum absolute atomic E-state index is 13.1. The molecule has 4 rings (SSSR count). The Hall–Kier alpha value is -2.87. The summed E-state index contributed by atoms with van der Waals surface area (Å²) in [6.07, 6.45) is 0. The maximum atomic E-state index is 13.1. The number of nitrogens with zero attached hydrogens (tertiary/aromatic N) is 3. The van der Waals surface area contributed by atoms with Gasteiger partial charge < -0.3 is 4.74 Å². The van der Waals surface area contributed by atoms with Gasteiger partial charge in [0.1, 0.15) is 18.2 Å². The lowest BCUT2D eigenvalue weighted by Crippen LogP contribution is -2.08. The number of aromatic nitrogens is 3. The Bertz CT molecular complexity index is 1230. The lowest BCUT2D eigenvalue weighted by Gasteiger charge is -2.11. The second-order valence-electron chi connectivity index (χ2n) is 6.65. The summed E-state index contributed by atoms with van der Waals surface area (Å²) in [5, 5.41) is 9.88. The third kappa shape index (κ3) is 5.30. The van der Waals surface area contributed by atoms with Gasteiger partial charge in [0.15, 0.2) is 16.8 Å². The Morgan fingerprint density at radius 3 is 2.44 bits per heavy atom. The van der Waals surface area contributed by atoms with Crippen molar-refractivity contribution in [3.63, 3.8) is 0 Å². The first-order valence-corrected chi connectivity index (χ1v) is 11.2. The van der Waals surface area contributed by atoms with Crippen LogP contribution in [0, 0.1) is 5.82 Å². The van der Waals surface area contributed by atoms with Crippen molar-refractivity contribution in [2.45, 2.75) is 11.8 Å². The molecule has 4 aromatic rings. The SMILES string of the molecule is O=C(CSc1nnc(COc2ccc(Cl)c(Cl)c2)n1-c1ccccc1)c1ccc(F)cc1. The van der Waals surface area contributed by atoms with Gasteiger partial charge in [-0.05, 0) is 48.5 Å². The van der Waals surface area contributed by atoms with Crippen LogP contribution in [-0.4, -0.2) is 26.3 Å². The number of para-hydroxylation sites is 1. The van der Waals surface area contributed by atoms with Crippen LogP contribution in [0.25, 0.3) is 5.69 Å². The smallest absolute Gasteiger partial charge is 0.196 e. The molecule has 0 spiro atoms. The number of carbonyl (C=O) groups is 1. The average Bonchev–Trinajstić information content (AvgIpc) is 3.22. The molecule has 0 radical (unpaired) electrons. The summed E-state index contributed by atoms with van der Waals surface area (Å²) >= 11 is 13.3. The van der Waals surface area contributed by atoms with Gasteiger partial charge in [-0.15, -0.1) is 10.2 Å². The molecular weight excluding hydrogens is 472 g/mol. The molecule has 0 saturated heterocycles. The molecule has 9 heteroatoms. The summed E-state index contributed by atoms with van der Waals surface area (Å²) in [6, 6.07) is 20.0. The highest BCUT2D eigenvalue weighted by atomic mass is 35.5. The van der Waals surface area contributed by atoms with Crippen LogP contribution in [0.1, 0.15) is 16.2 Å². The molecule has 0 atom stereocenters. The molecule has 5 nitrogen and oxygen atoms in total. The van der Waals surface area contributed by atoms with E-state index in [-0.39, 0.29) is 24.0 Å². The minimum Gasteiger partial charge on any atom is -0.486 e. The second-order valence-corrected chi connectivity index (χ2v) is 8.41. The summed E-state index contributed by atoms with van der Waals surface area (Å²) in [4.78, 5) is 12.5. The van der Waals surface area contributed by atoms with Crippen molar-refractivity contribution >= 4 is 40.7 Å². The van der Waals surface area contributed by atoms with E-state index in [9.17, 15) is 9.18 Å². The Kier molecular flexibility index (Phi) is 7.09. The topological polar surface area (TPSA) is 57.0 Å². The molecule has 0 aliphatic rings. The molecule has 3 aromatic carbocycles. The van der Waals surface area contributed by atoms with Gasteiger partial charge in [0.05, 0.1) is 15.8 Å². The Labute approximate surface area is 198 Å². The fourth-order valence-electron chi connectivity index (χ4n) is 2.89. The lowest BCUT2D eigenvalue weighted by atomic mass is 10.1. The molecule has 162 valence electrons. The number of carbonyl (C=O) groups excluding carboxylic acids is 1. The first kappa shape index (κ1) is 22.3. The molecular formula is C23H16Cl2FN3O2S. The van der Waals surface area contributed by atoms with E-state index in [0.717, 1.165) is 5.69 Å². The van der Waals surface area contributed by atoms with Gasteiger partial charge in [-0.2, -0.15) is 0 Å². The molecule has 0 unspecified atom stereocenters. The van der Waals surface area contributed by atoms with Crippen molar-refractivity contribution in [3.05, 3.63) is 100 Å². The summed E-state index contributed by atoms with van der Waals surface area (Å²) in [5.74, 6) is 0.710. The number of benzene rings is 3. The highest BCUT2D eigenvalue weighted by Crippen LogP contribution is 2.28. The van der Waals surface area contributed by atoms with E-state index in [1.165, 1.54) is 36.0 Å². The third-order valence-corrected chi connectivity index (χ3v) is 6.14. The van der Waals surface area contributed by atoms with Crippen molar-refractivity contribution in [2.75, 3.05) is 5.75 Å². The zero-order chi connectivity index (χ0) is 22.5. The minimum atomic E-state index is -0.385. The van der Waals surface area contributed by atoms with Crippen LogP contribution >= 0.6 is 35.0 Å². The van der Waals surface area contributed by atoms with E-state index < -0.39 is 0 Å². The normalized spacial score (nSPS) is 10.8. The number of ether oxygens (including phenoxy) is 1. The zero-order valence-electron chi connectivity index (χ0n) is 16.5. The Balaban J connectivity index is 1.54. The fraction of sp³-hybridized carbons (Fsp3) is 0.0870. The van der Waals surface area contributed by atoms with E-state index >= 15 is 0 Å². The quantitative estimate of drug-likeness (QED) is 0.216. The van der Waals surface area contributed by atoms with Gasteiger partial charge in [0.2, 0.25) is 0 Å². The van der Waals surface area contributed by atoms with Gasteiger partial charge >= 0.3 is 0 Å². The average molecular weight is 488 g/mol. The number of ketones is 1. The minimum absolute atomic E-state index is 0.129. The monoisotopic (exact) mass is 487 g/mol. The van der Waals surface area contributed by atoms with E-state index in [1.54, 1.807) is 18.2 Å². The largest absolute Gasteiger partial charge is 0.486 e. The molecule has 0 saturated carbocycles. The third-order valence-electron chi connectivity index (χ3n) is 4.47. The fourth-order valence-corrected chi connectivity index (χ4v) is 4.04. The Morgan fingerprint density at radius 1 is 0.969 bits per heavy atom. The van der Waals surface area contributed by atoms with E-state index in [4.69, 9.17) is 27.9 Å². The van der Waals surface area contributed by atoms with Gasteiger partial charge in [0, 0.05) is 17.3 Å². The van der Waals surface area contributed by atoms with Crippen LogP contribution in [0.15, 0.2) is 78.0 Å². The van der Waals surface area contributed by atoms with Crippen molar-refractivity contribution in [1.29, 1.82) is 0 Å². The van der Waals surface area contributed by atoms with Crippen molar-refractivity contribution in [2.24, 2.45) is 0 Å². The molecule has 1 heterocycles. The zero-order valence-corrected chi connectivity index (χ0v) is 18.9.